The number of aliphatic hydroxyl groups is 3. The lowest BCUT2D eigenvalue weighted by molar-refractivity contribution is -0.272. The summed E-state index contributed by atoms with van der Waals surface area (Å²) in [5.74, 6) is 0.473. The maximum absolute atomic E-state index is 12.3. The number of unbranched alkanes of at least 4 members (excludes halogenated alkanes) is 2. The van der Waals surface area contributed by atoms with Crippen LogP contribution in [0.4, 0.5) is 0 Å². The number of amides is 1. The van der Waals surface area contributed by atoms with Crippen LogP contribution in [0.2, 0.25) is 0 Å². The zero-order valence-electron chi connectivity index (χ0n) is 14.7. The van der Waals surface area contributed by atoms with Crippen LogP contribution in [-0.4, -0.2) is 77.1 Å². The Hall–Kier alpha value is -0.970. The Bertz CT molecular complexity index is 529. The number of carbonyl (C=O) groups excluding carboxylic acids is 1. The van der Waals surface area contributed by atoms with Gasteiger partial charge in [-0.1, -0.05) is 6.42 Å². The van der Waals surface area contributed by atoms with E-state index < -0.39 is 30.6 Å². The molecule has 0 spiro atoms. The highest BCUT2D eigenvalue weighted by atomic mass is 32.1. The largest absolute Gasteiger partial charge is 0.393 e. The van der Waals surface area contributed by atoms with E-state index in [-0.39, 0.29) is 18.9 Å². The minimum atomic E-state index is -1.85. The van der Waals surface area contributed by atoms with Gasteiger partial charge < -0.3 is 30.1 Å². The Labute approximate surface area is 158 Å². The van der Waals surface area contributed by atoms with Gasteiger partial charge in [-0.05, 0) is 24.2 Å². The molecule has 2 unspecified atom stereocenters. The lowest BCUT2D eigenvalue weighted by Gasteiger charge is -2.44. The lowest BCUT2D eigenvalue weighted by atomic mass is 9.89. The lowest BCUT2D eigenvalue weighted by Crippen LogP contribution is -2.68. The molecule has 0 aromatic heterocycles. The molecule has 0 aliphatic carbocycles. The van der Waals surface area contributed by atoms with E-state index in [1.54, 1.807) is 12.4 Å². The van der Waals surface area contributed by atoms with Crippen molar-refractivity contribution >= 4 is 24.8 Å². The molecule has 2 rings (SSSR count). The summed E-state index contributed by atoms with van der Waals surface area (Å²) in [4.78, 5) is 16.2. The van der Waals surface area contributed by atoms with E-state index in [0.717, 1.165) is 30.6 Å². The van der Waals surface area contributed by atoms with Gasteiger partial charge in [0.05, 0.1) is 13.2 Å². The Morgan fingerprint density at radius 3 is 2.92 bits per heavy atom. The number of hydrogen-bond donors (Lipinski definition) is 5. The number of aliphatic imine (C=N–C) groups is 1. The highest BCUT2D eigenvalue weighted by Crippen LogP contribution is 2.25. The number of nitrogens with zero attached hydrogens (tertiary/aromatic N) is 1. The maximum Gasteiger partial charge on any atom is 0.224 e. The quantitative estimate of drug-likeness (QED) is 0.261. The molecule has 4 atom stereocenters. The van der Waals surface area contributed by atoms with E-state index in [1.807, 2.05) is 0 Å². The molecule has 2 heterocycles. The number of hydrogen-bond acceptors (Lipinski definition) is 8. The zero-order valence-corrected chi connectivity index (χ0v) is 15.6. The Kier molecular flexibility index (Phi) is 8.52. The molecule has 1 fully saturated rings. The second-order valence-corrected chi connectivity index (χ2v) is 7.08. The normalized spacial score (nSPS) is 31.1. The van der Waals surface area contributed by atoms with Crippen LogP contribution in [0.1, 0.15) is 32.1 Å². The first-order valence-electron chi connectivity index (χ1n) is 8.84. The third-order valence-electron chi connectivity index (χ3n) is 4.47. The highest BCUT2D eigenvalue weighted by Gasteiger charge is 2.49. The third-order valence-corrected chi connectivity index (χ3v) is 4.79. The second-order valence-electron chi connectivity index (χ2n) is 6.63. The summed E-state index contributed by atoms with van der Waals surface area (Å²) in [6.07, 6.45) is 4.50. The van der Waals surface area contributed by atoms with E-state index in [0.29, 0.717) is 13.0 Å². The molecule has 148 valence electrons. The fourth-order valence-corrected chi connectivity index (χ4v) is 3.09. The monoisotopic (exact) mass is 388 g/mol. The molecule has 4 N–H and O–H groups in total. The van der Waals surface area contributed by atoms with Gasteiger partial charge >= 0.3 is 0 Å². The van der Waals surface area contributed by atoms with Crippen molar-refractivity contribution in [1.29, 1.82) is 0 Å². The van der Waals surface area contributed by atoms with Crippen LogP contribution in [0.25, 0.3) is 0 Å². The maximum atomic E-state index is 12.3. The fraction of sp³-hybridized carbons (Fsp3) is 0.765. The van der Waals surface area contributed by atoms with E-state index >= 15 is 0 Å². The fourth-order valence-electron chi connectivity index (χ4n) is 2.87. The minimum Gasteiger partial charge on any atom is -0.393 e. The van der Waals surface area contributed by atoms with Gasteiger partial charge in [-0.15, -0.1) is 0 Å². The van der Waals surface area contributed by atoms with E-state index in [4.69, 9.17) is 9.47 Å². The van der Waals surface area contributed by atoms with Crippen molar-refractivity contribution in [3.8, 4) is 0 Å². The Balaban J connectivity index is 1.94. The number of thiol groups is 1. The van der Waals surface area contributed by atoms with Crippen LogP contribution in [0.3, 0.4) is 0 Å². The molecule has 26 heavy (non-hydrogen) atoms. The summed E-state index contributed by atoms with van der Waals surface area (Å²) in [6.45, 7) is -0.570. The van der Waals surface area contributed by atoms with E-state index in [2.05, 4.69) is 22.9 Å². The Morgan fingerprint density at radius 2 is 2.27 bits per heavy atom. The van der Waals surface area contributed by atoms with Gasteiger partial charge in [0.15, 0.2) is 6.29 Å². The number of carbonyl (C=O) groups is 1. The first-order chi connectivity index (χ1) is 12.5. The topological polar surface area (TPSA) is 121 Å². The molecule has 1 saturated heterocycles. The van der Waals surface area contributed by atoms with Crippen LogP contribution in [0.5, 0.6) is 0 Å². The molecule has 8 nitrogen and oxygen atoms in total. The SMILES string of the molecule is O=C(CC1=CN=CC1)NC1C(OCCCCCS)OC[C@](O)(CO)[C@@H]1O. The average molecular weight is 388 g/mol. The standard InChI is InChI=1S/C17H28N2O6S/c20-10-17(23)11-25-16(24-6-2-1-3-7-26)14(15(17)22)19-13(21)8-12-4-5-18-9-12/h5,9,14-16,20,22-23,26H,1-4,6-8,10-11H2,(H,19,21)/t14?,15-,16?,17-/m1/s1. The molecular weight excluding hydrogens is 360 g/mol. The van der Waals surface area contributed by atoms with Crippen LogP contribution < -0.4 is 5.32 Å². The predicted molar refractivity (Wildman–Crippen MR) is 99.2 cm³/mol. The predicted octanol–water partition coefficient (Wildman–Crippen LogP) is -0.223. The second kappa shape index (κ2) is 10.4. The van der Waals surface area contributed by atoms with Crippen molar-refractivity contribution < 1.29 is 29.6 Å². The molecule has 0 aromatic carbocycles. The summed E-state index contributed by atoms with van der Waals surface area (Å²) in [5.41, 5.74) is -0.991. The van der Waals surface area contributed by atoms with Gasteiger partial charge in [0.1, 0.15) is 17.7 Å². The van der Waals surface area contributed by atoms with Crippen molar-refractivity contribution in [2.24, 2.45) is 4.99 Å². The van der Waals surface area contributed by atoms with Crippen LogP contribution >= 0.6 is 12.6 Å². The Morgan fingerprint density at radius 1 is 1.46 bits per heavy atom. The number of nitrogens with one attached hydrogen (secondary N) is 1. The molecule has 9 heteroatoms. The summed E-state index contributed by atoms with van der Waals surface area (Å²) in [6, 6.07) is -0.985. The number of ether oxygens (including phenoxy) is 2. The average Bonchev–Trinajstić information content (AvgIpc) is 3.13. The summed E-state index contributed by atoms with van der Waals surface area (Å²) in [5, 5.41) is 32.8. The molecule has 2 aliphatic heterocycles. The number of aliphatic hydroxyl groups excluding tert-OH is 2. The van der Waals surface area contributed by atoms with E-state index in [9.17, 15) is 20.1 Å². The van der Waals surface area contributed by atoms with E-state index in [1.165, 1.54) is 0 Å². The number of rotatable bonds is 10. The highest BCUT2D eigenvalue weighted by molar-refractivity contribution is 7.80. The zero-order chi connectivity index (χ0) is 19.0. The summed E-state index contributed by atoms with van der Waals surface area (Å²) >= 11 is 4.15. The van der Waals surface area contributed by atoms with Crippen molar-refractivity contribution in [3.63, 3.8) is 0 Å². The van der Waals surface area contributed by atoms with Gasteiger partial charge in [0, 0.05) is 31.9 Å². The molecular formula is C17H28N2O6S. The first-order valence-corrected chi connectivity index (χ1v) is 9.47. The van der Waals surface area contributed by atoms with Gasteiger partial charge in [-0.2, -0.15) is 12.6 Å². The smallest absolute Gasteiger partial charge is 0.224 e. The van der Waals surface area contributed by atoms with Crippen LogP contribution in [0.15, 0.2) is 16.8 Å². The van der Waals surface area contributed by atoms with Gasteiger partial charge in [-0.25, -0.2) is 0 Å². The van der Waals surface area contributed by atoms with Crippen molar-refractivity contribution in [1.82, 2.24) is 5.32 Å². The molecule has 0 bridgehead atoms. The van der Waals surface area contributed by atoms with Crippen molar-refractivity contribution in [2.45, 2.75) is 56.1 Å². The first kappa shape index (κ1) is 21.3. The molecule has 0 aromatic rings. The third kappa shape index (κ3) is 5.77. The molecule has 0 saturated carbocycles. The van der Waals surface area contributed by atoms with Gasteiger partial charge in [-0.3, -0.25) is 9.79 Å². The van der Waals surface area contributed by atoms with Crippen LogP contribution in [0, 0.1) is 0 Å². The molecule has 2 aliphatic rings. The molecule has 1 amide bonds. The van der Waals surface area contributed by atoms with Crippen LogP contribution in [-0.2, 0) is 14.3 Å². The van der Waals surface area contributed by atoms with Gasteiger partial charge in [0.25, 0.3) is 0 Å². The summed E-state index contributed by atoms with van der Waals surface area (Å²) in [7, 11) is 0. The van der Waals surface area contributed by atoms with Crippen molar-refractivity contribution in [2.75, 3.05) is 25.6 Å². The molecule has 0 radical (unpaired) electrons. The van der Waals surface area contributed by atoms with Gasteiger partial charge in [0.2, 0.25) is 5.91 Å². The van der Waals surface area contributed by atoms with Crippen molar-refractivity contribution in [3.05, 3.63) is 11.8 Å². The summed E-state index contributed by atoms with van der Waals surface area (Å²) < 4.78 is 11.2. The minimum absolute atomic E-state index is 0.134.